The van der Waals surface area contributed by atoms with Gasteiger partial charge in [-0.15, -0.1) is 0 Å². The Hall–Kier alpha value is -0.660. The van der Waals surface area contributed by atoms with E-state index in [4.69, 9.17) is 4.55 Å². The SMILES string of the molecule is CCC(C)(C)C(=O)NCC[N+](C)(C)CCCS(=O)(=O)O. The Kier molecular flexibility index (Phi) is 7.13. The predicted molar refractivity (Wildman–Crippen MR) is 80.0 cm³/mol. The van der Waals surface area contributed by atoms with Gasteiger partial charge in [-0.05, 0) is 6.42 Å². The summed E-state index contributed by atoms with van der Waals surface area (Å²) in [5, 5.41) is 2.91. The van der Waals surface area contributed by atoms with Crippen molar-refractivity contribution in [3.05, 3.63) is 0 Å². The lowest BCUT2D eigenvalue weighted by molar-refractivity contribution is -0.889. The van der Waals surface area contributed by atoms with E-state index in [1.807, 2.05) is 34.9 Å². The molecule has 0 rings (SSSR count). The normalized spacial score (nSPS) is 13.3. The van der Waals surface area contributed by atoms with Gasteiger partial charge in [0.25, 0.3) is 10.1 Å². The summed E-state index contributed by atoms with van der Waals surface area (Å²) >= 11 is 0. The minimum atomic E-state index is -3.88. The average molecular weight is 309 g/mol. The predicted octanol–water partition coefficient (Wildman–Crippen LogP) is 0.893. The first-order valence-corrected chi connectivity index (χ1v) is 8.56. The van der Waals surface area contributed by atoms with Crippen LogP contribution in [0.25, 0.3) is 0 Å². The number of carbonyl (C=O) groups is 1. The van der Waals surface area contributed by atoms with Crippen molar-refractivity contribution in [2.75, 3.05) is 39.5 Å². The number of likely N-dealkylation sites (N-methyl/N-ethyl adjacent to an activating group) is 1. The summed E-state index contributed by atoms with van der Waals surface area (Å²) in [7, 11) is 0.0637. The van der Waals surface area contributed by atoms with Crippen molar-refractivity contribution in [3.63, 3.8) is 0 Å². The van der Waals surface area contributed by atoms with E-state index in [0.717, 1.165) is 13.0 Å². The molecule has 0 saturated heterocycles. The first-order chi connectivity index (χ1) is 8.90. The number of nitrogens with one attached hydrogen (secondary N) is 1. The highest BCUT2D eigenvalue weighted by molar-refractivity contribution is 7.85. The van der Waals surface area contributed by atoms with Crippen molar-refractivity contribution < 1.29 is 22.2 Å². The van der Waals surface area contributed by atoms with Crippen LogP contribution in [0, 0.1) is 5.41 Å². The van der Waals surface area contributed by atoms with Crippen LogP contribution in [0.3, 0.4) is 0 Å². The van der Waals surface area contributed by atoms with Gasteiger partial charge in [0.15, 0.2) is 0 Å². The fourth-order valence-corrected chi connectivity index (χ4v) is 2.15. The molecule has 0 aliphatic heterocycles. The molecule has 0 fully saturated rings. The minimum Gasteiger partial charge on any atom is -0.350 e. The van der Waals surface area contributed by atoms with E-state index in [1.165, 1.54) is 0 Å². The van der Waals surface area contributed by atoms with Crippen molar-refractivity contribution in [2.24, 2.45) is 5.41 Å². The van der Waals surface area contributed by atoms with E-state index in [1.54, 1.807) is 0 Å². The van der Waals surface area contributed by atoms with E-state index in [-0.39, 0.29) is 17.1 Å². The Bertz CT molecular complexity index is 416. The lowest BCUT2D eigenvalue weighted by Crippen LogP contribution is -2.48. The summed E-state index contributed by atoms with van der Waals surface area (Å²) in [5.41, 5.74) is -0.359. The molecule has 0 saturated carbocycles. The summed E-state index contributed by atoms with van der Waals surface area (Å²) in [6.45, 7) is 7.71. The van der Waals surface area contributed by atoms with E-state index in [9.17, 15) is 13.2 Å². The molecule has 0 unspecified atom stereocenters. The number of nitrogens with zero attached hydrogens (tertiary/aromatic N) is 1. The van der Waals surface area contributed by atoms with Gasteiger partial charge in [0, 0.05) is 11.8 Å². The van der Waals surface area contributed by atoms with Crippen molar-refractivity contribution in [1.82, 2.24) is 5.32 Å². The van der Waals surface area contributed by atoms with E-state index >= 15 is 0 Å². The smallest absolute Gasteiger partial charge is 0.265 e. The summed E-state index contributed by atoms with van der Waals surface area (Å²) in [6, 6.07) is 0. The van der Waals surface area contributed by atoms with E-state index < -0.39 is 10.1 Å². The molecule has 6 nitrogen and oxygen atoms in total. The molecular weight excluding hydrogens is 280 g/mol. The topological polar surface area (TPSA) is 83.5 Å². The minimum absolute atomic E-state index is 0.0398. The molecule has 2 N–H and O–H groups in total. The Morgan fingerprint density at radius 2 is 1.80 bits per heavy atom. The highest BCUT2D eigenvalue weighted by atomic mass is 32.2. The molecule has 0 radical (unpaired) electrons. The molecule has 0 aromatic heterocycles. The Morgan fingerprint density at radius 3 is 2.25 bits per heavy atom. The number of hydrogen-bond donors (Lipinski definition) is 2. The summed E-state index contributed by atoms with van der Waals surface area (Å²) < 4.78 is 30.6. The van der Waals surface area contributed by atoms with Gasteiger partial charge in [-0.25, -0.2) is 0 Å². The largest absolute Gasteiger partial charge is 0.350 e. The van der Waals surface area contributed by atoms with Crippen molar-refractivity contribution >= 4 is 16.0 Å². The van der Waals surface area contributed by atoms with E-state index in [0.29, 0.717) is 24.0 Å². The molecule has 120 valence electrons. The Balaban J connectivity index is 4.08. The zero-order chi connectivity index (χ0) is 16.0. The third-order valence-electron chi connectivity index (χ3n) is 3.67. The van der Waals surface area contributed by atoms with Gasteiger partial charge < -0.3 is 9.80 Å². The second-order valence-electron chi connectivity index (χ2n) is 6.52. The summed E-state index contributed by atoms with van der Waals surface area (Å²) in [5.74, 6) is -0.179. The number of quaternary nitrogens is 1. The molecule has 0 heterocycles. The Morgan fingerprint density at radius 1 is 1.25 bits per heavy atom. The summed E-state index contributed by atoms with van der Waals surface area (Å²) in [4.78, 5) is 11.9. The second kappa shape index (κ2) is 7.38. The first-order valence-electron chi connectivity index (χ1n) is 6.95. The number of rotatable bonds is 9. The van der Waals surface area contributed by atoms with Gasteiger partial charge in [-0.3, -0.25) is 9.35 Å². The third-order valence-corrected chi connectivity index (χ3v) is 4.47. The van der Waals surface area contributed by atoms with Crippen molar-refractivity contribution in [2.45, 2.75) is 33.6 Å². The standard InChI is InChI=1S/C13H28N2O4S/c1-6-13(2,3)12(16)14-8-10-15(4,5)9-7-11-20(17,18)19/h6-11H2,1-5H3,(H-,14,16,17,18,19)/p+1. The zero-order valence-corrected chi connectivity index (χ0v) is 14.1. The maximum absolute atomic E-state index is 11.9. The molecule has 0 spiro atoms. The van der Waals surface area contributed by atoms with Gasteiger partial charge in [0.1, 0.15) is 0 Å². The van der Waals surface area contributed by atoms with Crippen LogP contribution >= 0.6 is 0 Å². The molecule has 0 atom stereocenters. The van der Waals surface area contributed by atoms with Crippen molar-refractivity contribution in [3.8, 4) is 0 Å². The molecule has 1 amide bonds. The number of hydrogen-bond acceptors (Lipinski definition) is 3. The van der Waals surface area contributed by atoms with Crippen LogP contribution in [0.1, 0.15) is 33.6 Å². The molecule has 0 aliphatic carbocycles. The van der Waals surface area contributed by atoms with Crippen LogP contribution in [-0.4, -0.2) is 62.8 Å². The van der Waals surface area contributed by atoms with Crippen LogP contribution in [0.5, 0.6) is 0 Å². The molecule has 7 heteroatoms. The highest BCUT2D eigenvalue weighted by Crippen LogP contribution is 2.19. The molecule has 0 aromatic carbocycles. The fourth-order valence-electron chi connectivity index (χ4n) is 1.66. The number of amides is 1. The maximum Gasteiger partial charge on any atom is 0.265 e. The molecule has 0 bridgehead atoms. The zero-order valence-electron chi connectivity index (χ0n) is 13.3. The third kappa shape index (κ3) is 8.50. The average Bonchev–Trinajstić information content (AvgIpc) is 2.26. The summed E-state index contributed by atoms with van der Waals surface area (Å²) in [6.07, 6.45) is 1.19. The lowest BCUT2D eigenvalue weighted by Gasteiger charge is -2.30. The molecule has 0 aliphatic rings. The van der Waals surface area contributed by atoms with Crippen molar-refractivity contribution in [1.29, 1.82) is 0 Å². The van der Waals surface area contributed by atoms with Gasteiger partial charge in [0.05, 0.1) is 39.5 Å². The fraction of sp³-hybridized carbons (Fsp3) is 0.923. The van der Waals surface area contributed by atoms with Crippen LogP contribution in [-0.2, 0) is 14.9 Å². The van der Waals surface area contributed by atoms with Gasteiger partial charge in [-0.2, -0.15) is 8.42 Å². The Labute approximate surface area is 122 Å². The van der Waals surface area contributed by atoms with Crippen LogP contribution in [0.2, 0.25) is 0 Å². The monoisotopic (exact) mass is 309 g/mol. The molecular formula is C13H29N2O4S+. The van der Waals surface area contributed by atoms with Crippen LogP contribution in [0.4, 0.5) is 0 Å². The second-order valence-corrected chi connectivity index (χ2v) is 8.09. The highest BCUT2D eigenvalue weighted by Gasteiger charge is 2.25. The van der Waals surface area contributed by atoms with Gasteiger partial charge >= 0.3 is 0 Å². The van der Waals surface area contributed by atoms with Crippen LogP contribution in [0.15, 0.2) is 0 Å². The van der Waals surface area contributed by atoms with Crippen LogP contribution < -0.4 is 5.32 Å². The maximum atomic E-state index is 11.9. The van der Waals surface area contributed by atoms with Gasteiger partial charge in [-0.1, -0.05) is 20.8 Å². The lowest BCUT2D eigenvalue weighted by atomic mass is 9.89. The molecule has 0 aromatic rings. The quantitative estimate of drug-likeness (QED) is 0.489. The van der Waals surface area contributed by atoms with Gasteiger partial charge in [0.2, 0.25) is 5.91 Å². The van der Waals surface area contributed by atoms with E-state index in [2.05, 4.69) is 5.32 Å². The first kappa shape index (κ1) is 19.3. The molecule has 20 heavy (non-hydrogen) atoms. The number of carbonyl (C=O) groups excluding carboxylic acids is 1.